The number of nitrogens with zero attached hydrogens (tertiary/aromatic N) is 1. The molecule has 4 atom stereocenters. The third-order valence-corrected chi connectivity index (χ3v) is 6.26. The number of hydrogen-bond acceptors (Lipinski definition) is 5. The molecule has 0 unspecified atom stereocenters. The van der Waals surface area contributed by atoms with Crippen LogP contribution in [-0.2, 0) is 19.1 Å². The van der Waals surface area contributed by atoms with E-state index < -0.39 is 23.5 Å². The summed E-state index contributed by atoms with van der Waals surface area (Å²) >= 11 is 0. The van der Waals surface area contributed by atoms with E-state index in [0.29, 0.717) is 29.4 Å². The van der Waals surface area contributed by atoms with Crippen molar-refractivity contribution in [2.24, 2.45) is 11.8 Å². The van der Waals surface area contributed by atoms with Gasteiger partial charge in [0.2, 0.25) is 17.7 Å². The smallest absolute Gasteiger partial charge is 0.234 e. The predicted molar refractivity (Wildman–Crippen MR) is 118 cm³/mol. The Hall–Kier alpha value is -3.65. The van der Waals surface area contributed by atoms with Gasteiger partial charge in [-0.2, -0.15) is 0 Å². The van der Waals surface area contributed by atoms with Crippen LogP contribution >= 0.6 is 0 Å². The second-order valence-electron chi connectivity index (χ2n) is 8.27. The summed E-state index contributed by atoms with van der Waals surface area (Å²) in [5.41, 5.74) is 1.18. The predicted octanol–water partition coefficient (Wildman–Crippen LogP) is 2.58. The Kier molecular flexibility index (Phi) is 4.74. The number of carbonyl (C=O) groups is 3. The molecule has 8 nitrogen and oxygen atoms in total. The zero-order valence-electron chi connectivity index (χ0n) is 17.7. The summed E-state index contributed by atoms with van der Waals surface area (Å²) in [7, 11) is 1.58. The van der Waals surface area contributed by atoms with E-state index in [2.05, 4.69) is 10.6 Å². The van der Waals surface area contributed by atoms with Crippen LogP contribution < -0.4 is 20.3 Å². The van der Waals surface area contributed by atoms with Gasteiger partial charge in [0.05, 0.1) is 31.6 Å². The molecule has 0 aromatic heterocycles. The molecule has 32 heavy (non-hydrogen) atoms. The van der Waals surface area contributed by atoms with E-state index in [-0.39, 0.29) is 17.7 Å². The summed E-state index contributed by atoms with van der Waals surface area (Å²) < 4.78 is 11.3. The lowest BCUT2D eigenvalue weighted by Crippen LogP contribution is -2.41. The Balaban J connectivity index is 1.36. The Morgan fingerprint density at radius 2 is 1.72 bits per heavy atom. The first-order valence-electron chi connectivity index (χ1n) is 10.4. The van der Waals surface area contributed by atoms with Crippen molar-refractivity contribution in [2.45, 2.75) is 18.6 Å². The van der Waals surface area contributed by atoms with E-state index in [9.17, 15) is 14.4 Å². The van der Waals surface area contributed by atoms with E-state index in [1.54, 1.807) is 60.5 Å². The second-order valence-corrected chi connectivity index (χ2v) is 8.27. The van der Waals surface area contributed by atoms with Crippen LogP contribution in [0.25, 0.3) is 0 Å². The average molecular weight is 433 g/mol. The summed E-state index contributed by atoms with van der Waals surface area (Å²) in [5.74, 6) is -1.06. The lowest BCUT2D eigenvalue weighted by Gasteiger charge is -2.23. The van der Waals surface area contributed by atoms with Crippen molar-refractivity contribution in [3.05, 3.63) is 60.7 Å². The minimum Gasteiger partial charge on any atom is -0.497 e. The van der Waals surface area contributed by atoms with Crippen LogP contribution in [0.4, 0.5) is 17.1 Å². The van der Waals surface area contributed by atoms with Gasteiger partial charge in [-0.25, -0.2) is 0 Å². The molecule has 2 aromatic carbocycles. The van der Waals surface area contributed by atoms with Crippen molar-refractivity contribution in [2.75, 3.05) is 29.2 Å². The maximum Gasteiger partial charge on any atom is 0.234 e. The summed E-state index contributed by atoms with van der Waals surface area (Å²) in [6.07, 6.45) is 3.38. The fourth-order valence-corrected chi connectivity index (χ4v) is 4.84. The highest BCUT2D eigenvalue weighted by Crippen LogP contribution is 2.52. The lowest BCUT2D eigenvalue weighted by atomic mass is 9.77. The molecule has 2 saturated heterocycles. The van der Waals surface area contributed by atoms with Gasteiger partial charge in [0.25, 0.3) is 0 Å². The van der Waals surface area contributed by atoms with Crippen molar-refractivity contribution in [1.29, 1.82) is 0 Å². The summed E-state index contributed by atoms with van der Waals surface area (Å²) in [6, 6.07) is 14.1. The van der Waals surface area contributed by atoms with Crippen molar-refractivity contribution < 1.29 is 23.9 Å². The fourth-order valence-electron chi connectivity index (χ4n) is 4.84. The molecule has 0 radical (unpaired) electrons. The van der Waals surface area contributed by atoms with Gasteiger partial charge in [-0.3, -0.25) is 14.4 Å². The molecule has 3 amide bonds. The Labute approximate surface area is 185 Å². The highest BCUT2D eigenvalue weighted by molar-refractivity contribution is 6.05. The van der Waals surface area contributed by atoms with Crippen molar-refractivity contribution in [1.82, 2.24) is 0 Å². The quantitative estimate of drug-likeness (QED) is 0.707. The number of benzene rings is 2. The largest absolute Gasteiger partial charge is 0.497 e. The van der Waals surface area contributed by atoms with E-state index in [1.807, 2.05) is 12.2 Å². The third-order valence-electron chi connectivity index (χ3n) is 6.26. The zero-order chi connectivity index (χ0) is 22.5. The van der Waals surface area contributed by atoms with Gasteiger partial charge in [0, 0.05) is 24.0 Å². The number of anilines is 3. The monoisotopic (exact) mass is 433 g/mol. The van der Waals surface area contributed by atoms with E-state index >= 15 is 0 Å². The molecular formula is C24H23N3O5. The summed E-state index contributed by atoms with van der Waals surface area (Å²) in [4.78, 5) is 39.5. The van der Waals surface area contributed by atoms with Crippen molar-refractivity contribution >= 4 is 34.8 Å². The van der Waals surface area contributed by atoms with Crippen LogP contribution in [0, 0.1) is 11.8 Å². The molecule has 3 heterocycles. The highest BCUT2D eigenvalue weighted by atomic mass is 16.5. The molecule has 2 fully saturated rings. The van der Waals surface area contributed by atoms with Crippen LogP contribution in [0.1, 0.15) is 6.92 Å². The number of amides is 3. The second kappa shape index (κ2) is 7.49. The van der Waals surface area contributed by atoms with Gasteiger partial charge in [0.15, 0.2) is 0 Å². The highest BCUT2D eigenvalue weighted by Gasteiger charge is 2.67. The molecule has 2 N–H and O–H groups in total. The first-order chi connectivity index (χ1) is 15.4. The van der Waals surface area contributed by atoms with Crippen LogP contribution in [0.3, 0.4) is 0 Å². The molecule has 5 rings (SSSR count). The molecule has 3 aliphatic rings. The number of fused-ring (bicyclic) bond motifs is 1. The lowest BCUT2D eigenvalue weighted by molar-refractivity contribution is -0.128. The summed E-state index contributed by atoms with van der Waals surface area (Å²) in [6.45, 7) is 1.78. The number of carbonyl (C=O) groups excluding carboxylic acids is 3. The number of hydrogen-bond donors (Lipinski definition) is 2. The topological polar surface area (TPSA) is 97.0 Å². The Morgan fingerprint density at radius 3 is 2.38 bits per heavy atom. The normalized spacial score (nSPS) is 27.4. The van der Waals surface area contributed by atoms with Crippen LogP contribution in [0.5, 0.6) is 5.75 Å². The maximum absolute atomic E-state index is 13.4. The molecular weight excluding hydrogens is 410 g/mol. The van der Waals surface area contributed by atoms with E-state index in [0.717, 1.165) is 0 Å². The van der Waals surface area contributed by atoms with Crippen LogP contribution in [0.15, 0.2) is 60.7 Å². The van der Waals surface area contributed by atoms with Gasteiger partial charge in [0.1, 0.15) is 11.4 Å². The van der Waals surface area contributed by atoms with Crippen molar-refractivity contribution in [3.8, 4) is 5.75 Å². The van der Waals surface area contributed by atoms with Crippen molar-refractivity contribution in [3.63, 3.8) is 0 Å². The number of methoxy groups -OCH3 is 1. The molecule has 1 spiro atoms. The molecule has 0 aliphatic carbocycles. The Morgan fingerprint density at radius 1 is 1.06 bits per heavy atom. The van der Waals surface area contributed by atoms with Gasteiger partial charge in [-0.05, 0) is 48.5 Å². The zero-order valence-corrected chi connectivity index (χ0v) is 17.7. The maximum atomic E-state index is 13.4. The number of ether oxygens (including phenoxy) is 2. The average Bonchev–Trinajstić information content (AvgIpc) is 3.43. The standard InChI is InChI=1S/C24H23N3O5/c1-14(28)25-15-3-7-17(8-4-15)27-13-24-12-11-19(32-24)20(21(24)23(27)30)22(29)26-16-5-9-18(31-2)10-6-16/h3-12,19-21H,13H2,1-2H3,(H,25,28)(H,26,29)/t19-,20-,21+,24+/m1/s1. The molecule has 3 aliphatic heterocycles. The van der Waals surface area contributed by atoms with Gasteiger partial charge >= 0.3 is 0 Å². The minimum absolute atomic E-state index is 0.140. The fraction of sp³-hybridized carbons (Fsp3) is 0.292. The SMILES string of the molecule is COc1ccc(NC(=O)[C@H]2[C@H]3C(=O)N(c4ccc(NC(C)=O)cc4)C[C@@]34C=C[C@H]2O4)cc1. The van der Waals surface area contributed by atoms with E-state index in [1.165, 1.54) is 6.92 Å². The number of nitrogens with one attached hydrogen (secondary N) is 2. The molecule has 164 valence electrons. The number of rotatable bonds is 5. The summed E-state index contributed by atoms with van der Waals surface area (Å²) in [5, 5.41) is 5.62. The Bertz CT molecular complexity index is 1110. The van der Waals surface area contributed by atoms with Gasteiger partial charge in [-0.1, -0.05) is 12.2 Å². The molecule has 8 heteroatoms. The first-order valence-corrected chi connectivity index (χ1v) is 10.4. The first kappa shape index (κ1) is 20.3. The van der Waals surface area contributed by atoms with Crippen LogP contribution in [0.2, 0.25) is 0 Å². The van der Waals surface area contributed by atoms with Gasteiger partial charge < -0.3 is 25.0 Å². The van der Waals surface area contributed by atoms with E-state index in [4.69, 9.17) is 9.47 Å². The molecule has 0 saturated carbocycles. The minimum atomic E-state index is -0.806. The van der Waals surface area contributed by atoms with Gasteiger partial charge in [-0.15, -0.1) is 0 Å². The third kappa shape index (κ3) is 3.23. The molecule has 2 bridgehead atoms. The van der Waals surface area contributed by atoms with Crippen LogP contribution in [-0.4, -0.2) is 43.1 Å². The molecule has 2 aromatic rings.